The lowest BCUT2D eigenvalue weighted by molar-refractivity contribution is 0.192. The van der Waals surface area contributed by atoms with Gasteiger partial charge in [-0.25, -0.2) is 0 Å². The molecule has 1 aliphatic rings. The summed E-state index contributed by atoms with van der Waals surface area (Å²) < 4.78 is 5.19. The first-order chi connectivity index (χ1) is 9.60. The lowest BCUT2D eigenvalue weighted by Gasteiger charge is -2.30. The van der Waals surface area contributed by atoms with E-state index in [1.165, 1.54) is 18.5 Å². The number of methoxy groups -OCH3 is 1. The number of nitrogens with two attached hydrogens (primary N) is 1. The fraction of sp³-hybridized carbons (Fsp3) is 0.625. The fourth-order valence-electron chi connectivity index (χ4n) is 2.90. The van der Waals surface area contributed by atoms with E-state index in [1.807, 2.05) is 12.1 Å². The molecule has 0 bridgehead atoms. The summed E-state index contributed by atoms with van der Waals surface area (Å²) in [5.41, 5.74) is 7.55. The van der Waals surface area contributed by atoms with Crippen LogP contribution in [-0.4, -0.2) is 56.2 Å². The van der Waals surface area contributed by atoms with Gasteiger partial charge in [-0.3, -0.25) is 4.90 Å². The van der Waals surface area contributed by atoms with Gasteiger partial charge in [0.2, 0.25) is 0 Å². The monoisotopic (exact) mass is 277 g/mol. The van der Waals surface area contributed by atoms with Crippen LogP contribution in [0.4, 0.5) is 0 Å². The van der Waals surface area contributed by atoms with Crippen LogP contribution in [0, 0.1) is 0 Å². The molecule has 1 saturated heterocycles. The van der Waals surface area contributed by atoms with Gasteiger partial charge in [-0.15, -0.1) is 0 Å². The Labute approximate surface area is 122 Å². The Bertz CT molecular complexity index is 407. The largest absolute Gasteiger partial charge is 0.497 e. The number of hydrogen-bond acceptors (Lipinski definition) is 4. The summed E-state index contributed by atoms with van der Waals surface area (Å²) in [5, 5.41) is 0. The number of benzene rings is 1. The Morgan fingerprint density at radius 1 is 1.30 bits per heavy atom. The molecule has 112 valence electrons. The van der Waals surface area contributed by atoms with E-state index in [-0.39, 0.29) is 6.04 Å². The zero-order chi connectivity index (χ0) is 14.5. The molecule has 2 atom stereocenters. The van der Waals surface area contributed by atoms with Crippen molar-refractivity contribution < 1.29 is 4.74 Å². The minimum Gasteiger partial charge on any atom is -0.497 e. The van der Waals surface area contributed by atoms with Gasteiger partial charge in [0.1, 0.15) is 5.75 Å². The average Bonchev–Trinajstić information content (AvgIpc) is 2.60. The molecule has 4 heteroatoms. The second kappa shape index (κ2) is 7.07. The molecule has 20 heavy (non-hydrogen) atoms. The van der Waals surface area contributed by atoms with E-state index in [2.05, 4.69) is 35.9 Å². The van der Waals surface area contributed by atoms with E-state index >= 15 is 0 Å². The Morgan fingerprint density at radius 2 is 2.00 bits per heavy atom. The normalized spacial score (nSPS) is 23.3. The van der Waals surface area contributed by atoms with Crippen LogP contribution in [0.3, 0.4) is 0 Å². The highest BCUT2D eigenvalue weighted by molar-refractivity contribution is 5.29. The van der Waals surface area contributed by atoms with Gasteiger partial charge >= 0.3 is 0 Å². The second-order valence-corrected chi connectivity index (χ2v) is 5.84. The second-order valence-electron chi connectivity index (χ2n) is 5.84. The highest BCUT2D eigenvalue weighted by atomic mass is 16.5. The van der Waals surface area contributed by atoms with Crippen molar-refractivity contribution in [3.63, 3.8) is 0 Å². The molecule has 0 spiro atoms. The standard InChI is InChI=1S/C16H27N3O/c1-13-11-18(2)9-4-10-19(13)12-16(17)14-5-7-15(20-3)8-6-14/h5-8,13,16H,4,9-12,17H2,1-3H3. The van der Waals surface area contributed by atoms with Crippen LogP contribution in [0.25, 0.3) is 0 Å². The van der Waals surface area contributed by atoms with E-state index in [0.29, 0.717) is 6.04 Å². The van der Waals surface area contributed by atoms with E-state index in [0.717, 1.165) is 25.4 Å². The number of nitrogens with zero attached hydrogens (tertiary/aromatic N) is 2. The van der Waals surface area contributed by atoms with Gasteiger partial charge in [0.15, 0.2) is 0 Å². The molecule has 0 radical (unpaired) electrons. The molecule has 1 aliphatic heterocycles. The predicted octanol–water partition coefficient (Wildman–Crippen LogP) is 1.72. The number of rotatable bonds is 4. The zero-order valence-electron chi connectivity index (χ0n) is 12.9. The molecule has 1 heterocycles. The number of hydrogen-bond donors (Lipinski definition) is 1. The Kier molecular flexibility index (Phi) is 5.40. The first-order valence-electron chi connectivity index (χ1n) is 7.42. The Morgan fingerprint density at radius 3 is 2.65 bits per heavy atom. The van der Waals surface area contributed by atoms with E-state index < -0.39 is 0 Å². The molecule has 1 aromatic rings. The molecule has 4 nitrogen and oxygen atoms in total. The Hall–Kier alpha value is -1.10. The van der Waals surface area contributed by atoms with E-state index in [4.69, 9.17) is 10.5 Å². The quantitative estimate of drug-likeness (QED) is 0.910. The molecule has 2 N–H and O–H groups in total. The highest BCUT2D eigenvalue weighted by Gasteiger charge is 2.21. The SMILES string of the molecule is COc1ccc(C(N)CN2CCCN(C)CC2C)cc1. The lowest BCUT2D eigenvalue weighted by atomic mass is 10.1. The summed E-state index contributed by atoms with van der Waals surface area (Å²) in [5.74, 6) is 0.880. The van der Waals surface area contributed by atoms with Gasteiger partial charge in [0.05, 0.1) is 7.11 Å². The maximum absolute atomic E-state index is 6.37. The van der Waals surface area contributed by atoms with Crippen LogP contribution < -0.4 is 10.5 Å². The van der Waals surface area contributed by atoms with Gasteiger partial charge in [-0.1, -0.05) is 12.1 Å². The van der Waals surface area contributed by atoms with Crippen LogP contribution >= 0.6 is 0 Å². The van der Waals surface area contributed by atoms with Crippen molar-refractivity contribution in [1.29, 1.82) is 0 Å². The third-order valence-electron chi connectivity index (χ3n) is 4.16. The fourth-order valence-corrected chi connectivity index (χ4v) is 2.90. The summed E-state index contributed by atoms with van der Waals surface area (Å²) in [6, 6.07) is 8.72. The summed E-state index contributed by atoms with van der Waals surface area (Å²) in [4.78, 5) is 4.92. The summed E-state index contributed by atoms with van der Waals surface area (Å²) >= 11 is 0. The minimum absolute atomic E-state index is 0.0618. The van der Waals surface area contributed by atoms with Gasteiger partial charge < -0.3 is 15.4 Å². The van der Waals surface area contributed by atoms with Gasteiger partial charge in [0, 0.05) is 25.2 Å². The molecule has 0 saturated carbocycles. The maximum atomic E-state index is 6.37. The first-order valence-corrected chi connectivity index (χ1v) is 7.42. The summed E-state index contributed by atoms with van der Waals surface area (Å²) in [7, 11) is 3.88. The van der Waals surface area contributed by atoms with Crippen LogP contribution in [0.15, 0.2) is 24.3 Å². The van der Waals surface area contributed by atoms with Crippen molar-refractivity contribution in [2.75, 3.05) is 40.3 Å². The van der Waals surface area contributed by atoms with E-state index in [9.17, 15) is 0 Å². The van der Waals surface area contributed by atoms with Crippen molar-refractivity contribution in [3.8, 4) is 5.75 Å². The van der Waals surface area contributed by atoms with Crippen molar-refractivity contribution in [2.45, 2.75) is 25.4 Å². The lowest BCUT2D eigenvalue weighted by Crippen LogP contribution is -2.41. The van der Waals surface area contributed by atoms with Crippen molar-refractivity contribution in [3.05, 3.63) is 29.8 Å². The number of ether oxygens (including phenoxy) is 1. The molecule has 0 aliphatic carbocycles. The topological polar surface area (TPSA) is 41.7 Å². The van der Waals surface area contributed by atoms with Crippen LogP contribution in [0.1, 0.15) is 24.9 Å². The molecule has 2 rings (SSSR count). The summed E-state index contributed by atoms with van der Waals surface area (Å²) in [6.45, 7) is 6.65. The van der Waals surface area contributed by atoms with Gasteiger partial charge in [-0.2, -0.15) is 0 Å². The van der Waals surface area contributed by atoms with Crippen LogP contribution in [0.2, 0.25) is 0 Å². The molecular formula is C16H27N3O. The summed E-state index contributed by atoms with van der Waals surface area (Å²) in [6.07, 6.45) is 1.22. The molecule has 2 unspecified atom stereocenters. The average molecular weight is 277 g/mol. The minimum atomic E-state index is 0.0618. The molecule has 1 aromatic carbocycles. The van der Waals surface area contributed by atoms with E-state index in [1.54, 1.807) is 7.11 Å². The maximum Gasteiger partial charge on any atom is 0.118 e. The predicted molar refractivity (Wildman–Crippen MR) is 83.1 cm³/mol. The van der Waals surface area contributed by atoms with Gasteiger partial charge in [-0.05, 0) is 51.2 Å². The van der Waals surface area contributed by atoms with Crippen LogP contribution in [0.5, 0.6) is 5.75 Å². The Balaban J connectivity index is 1.96. The third-order valence-corrected chi connectivity index (χ3v) is 4.16. The van der Waals surface area contributed by atoms with Gasteiger partial charge in [0.25, 0.3) is 0 Å². The highest BCUT2D eigenvalue weighted by Crippen LogP contribution is 2.19. The van der Waals surface area contributed by atoms with Crippen LogP contribution in [-0.2, 0) is 0 Å². The molecule has 0 amide bonds. The first kappa shape index (κ1) is 15.3. The van der Waals surface area contributed by atoms with Crippen molar-refractivity contribution >= 4 is 0 Å². The molecule has 0 aromatic heterocycles. The third kappa shape index (κ3) is 3.95. The van der Waals surface area contributed by atoms with Crippen molar-refractivity contribution in [1.82, 2.24) is 9.80 Å². The molecule has 1 fully saturated rings. The molecular weight excluding hydrogens is 250 g/mol. The number of likely N-dealkylation sites (N-methyl/N-ethyl adjacent to an activating group) is 1. The zero-order valence-corrected chi connectivity index (χ0v) is 12.9. The van der Waals surface area contributed by atoms with Crippen molar-refractivity contribution in [2.24, 2.45) is 5.73 Å². The smallest absolute Gasteiger partial charge is 0.118 e.